The number of esters is 1. The standard InChI is InChI=1S/C31H38N2O4/c1-4-6-10-27(31(35)36-5-2)23-24-12-18-28(19-13-24)37-22-9-21-33(3)30(34)26-16-14-25(15-17-26)29-11-7-8-20-32-29/h7-8,11-20,27H,4-6,9-10,21-23H2,1-3H3. The first-order chi connectivity index (χ1) is 18.0. The minimum Gasteiger partial charge on any atom is -0.494 e. The molecule has 0 fully saturated rings. The van der Waals surface area contributed by atoms with Crippen molar-refractivity contribution >= 4 is 11.9 Å². The van der Waals surface area contributed by atoms with Crippen LogP contribution in [0.15, 0.2) is 72.9 Å². The van der Waals surface area contributed by atoms with Crippen molar-refractivity contribution in [2.45, 2.75) is 46.0 Å². The number of hydrogen-bond acceptors (Lipinski definition) is 5. The number of benzene rings is 2. The Morgan fingerprint density at radius 2 is 1.70 bits per heavy atom. The molecule has 0 aliphatic rings. The summed E-state index contributed by atoms with van der Waals surface area (Å²) in [6, 6.07) is 21.2. The molecule has 37 heavy (non-hydrogen) atoms. The summed E-state index contributed by atoms with van der Waals surface area (Å²) >= 11 is 0. The van der Waals surface area contributed by atoms with Gasteiger partial charge in [0.15, 0.2) is 0 Å². The molecule has 6 nitrogen and oxygen atoms in total. The molecule has 196 valence electrons. The Morgan fingerprint density at radius 3 is 2.35 bits per heavy atom. The van der Waals surface area contributed by atoms with Crippen molar-refractivity contribution in [3.05, 3.63) is 84.1 Å². The van der Waals surface area contributed by atoms with Gasteiger partial charge in [0.2, 0.25) is 0 Å². The van der Waals surface area contributed by atoms with E-state index in [0.29, 0.717) is 31.7 Å². The van der Waals surface area contributed by atoms with Gasteiger partial charge in [0.25, 0.3) is 5.91 Å². The maximum absolute atomic E-state index is 12.8. The van der Waals surface area contributed by atoms with Gasteiger partial charge in [-0.2, -0.15) is 0 Å². The van der Waals surface area contributed by atoms with E-state index in [0.717, 1.165) is 48.3 Å². The van der Waals surface area contributed by atoms with E-state index >= 15 is 0 Å². The van der Waals surface area contributed by atoms with Crippen LogP contribution in [0.3, 0.4) is 0 Å². The third-order valence-corrected chi connectivity index (χ3v) is 6.28. The third-order valence-electron chi connectivity index (χ3n) is 6.28. The second-order valence-corrected chi connectivity index (χ2v) is 9.16. The van der Waals surface area contributed by atoms with Crippen molar-refractivity contribution in [1.29, 1.82) is 0 Å². The molecule has 0 saturated carbocycles. The summed E-state index contributed by atoms with van der Waals surface area (Å²) in [5.41, 5.74) is 3.62. The Kier molecular flexibility index (Phi) is 11.2. The zero-order valence-corrected chi connectivity index (χ0v) is 22.2. The number of hydrogen-bond donors (Lipinski definition) is 0. The molecule has 3 aromatic rings. The lowest BCUT2D eigenvalue weighted by Gasteiger charge is -2.18. The molecule has 0 aliphatic carbocycles. The highest BCUT2D eigenvalue weighted by Gasteiger charge is 2.19. The molecule has 0 aliphatic heterocycles. The summed E-state index contributed by atoms with van der Waals surface area (Å²) in [6.45, 7) is 5.49. The van der Waals surface area contributed by atoms with Crippen molar-refractivity contribution in [3.63, 3.8) is 0 Å². The highest BCUT2D eigenvalue weighted by molar-refractivity contribution is 5.94. The van der Waals surface area contributed by atoms with Gasteiger partial charge in [-0.25, -0.2) is 0 Å². The fraction of sp³-hybridized carbons (Fsp3) is 0.387. The average Bonchev–Trinajstić information content (AvgIpc) is 2.94. The number of aromatic nitrogens is 1. The molecule has 1 unspecified atom stereocenters. The van der Waals surface area contributed by atoms with Crippen LogP contribution in [0.1, 0.15) is 55.5 Å². The quantitative estimate of drug-likeness (QED) is 0.194. The molecule has 0 spiro atoms. The number of amides is 1. The van der Waals surface area contributed by atoms with Crippen LogP contribution in [0, 0.1) is 5.92 Å². The zero-order valence-electron chi connectivity index (χ0n) is 22.2. The Balaban J connectivity index is 1.43. The van der Waals surface area contributed by atoms with Crippen LogP contribution in [0.5, 0.6) is 5.75 Å². The summed E-state index contributed by atoms with van der Waals surface area (Å²) in [7, 11) is 1.81. The smallest absolute Gasteiger partial charge is 0.309 e. The number of rotatable bonds is 14. The SMILES string of the molecule is CCCCC(Cc1ccc(OCCCN(C)C(=O)c2ccc(-c3ccccn3)cc2)cc1)C(=O)OCC. The van der Waals surface area contributed by atoms with Crippen molar-refractivity contribution in [2.24, 2.45) is 5.92 Å². The van der Waals surface area contributed by atoms with Crippen LogP contribution >= 0.6 is 0 Å². The topological polar surface area (TPSA) is 68.7 Å². The lowest BCUT2D eigenvalue weighted by atomic mass is 9.94. The molecule has 0 N–H and O–H groups in total. The van der Waals surface area contributed by atoms with E-state index in [1.807, 2.05) is 80.7 Å². The van der Waals surface area contributed by atoms with Crippen molar-refractivity contribution < 1.29 is 19.1 Å². The molecule has 1 aromatic heterocycles. The van der Waals surface area contributed by atoms with E-state index in [-0.39, 0.29) is 17.8 Å². The van der Waals surface area contributed by atoms with E-state index in [1.165, 1.54) is 0 Å². The summed E-state index contributed by atoms with van der Waals surface area (Å²) < 4.78 is 11.1. The molecule has 2 aromatic carbocycles. The maximum Gasteiger partial charge on any atom is 0.309 e. The fourth-order valence-corrected chi connectivity index (χ4v) is 4.15. The predicted octanol–water partition coefficient (Wildman–Crippen LogP) is 6.20. The predicted molar refractivity (Wildman–Crippen MR) is 147 cm³/mol. The second-order valence-electron chi connectivity index (χ2n) is 9.16. The van der Waals surface area contributed by atoms with Crippen LogP contribution in [0.25, 0.3) is 11.3 Å². The lowest BCUT2D eigenvalue weighted by Crippen LogP contribution is -2.28. The van der Waals surface area contributed by atoms with Crippen LogP contribution in [-0.4, -0.2) is 48.6 Å². The Morgan fingerprint density at radius 1 is 0.946 bits per heavy atom. The number of pyridine rings is 1. The number of nitrogens with zero attached hydrogens (tertiary/aromatic N) is 2. The van der Waals surface area contributed by atoms with Crippen LogP contribution < -0.4 is 4.74 Å². The molecule has 0 saturated heterocycles. The average molecular weight is 503 g/mol. The Hall–Kier alpha value is -3.67. The van der Waals surface area contributed by atoms with E-state index in [1.54, 1.807) is 11.1 Å². The minimum atomic E-state index is -0.112. The molecule has 6 heteroatoms. The van der Waals surface area contributed by atoms with Gasteiger partial charge < -0.3 is 14.4 Å². The molecular weight excluding hydrogens is 464 g/mol. The Bertz CT molecular complexity index is 1100. The second kappa shape index (κ2) is 14.8. The fourth-order valence-electron chi connectivity index (χ4n) is 4.15. The van der Waals surface area contributed by atoms with Gasteiger partial charge in [-0.05, 0) is 68.1 Å². The Labute approximate surface area is 220 Å². The van der Waals surface area contributed by atoms with Gasteiger partial charge in [-0.1, -0.05) is 50.1 Å². The van der Waals surface area contributed by atoms with Crippen molar-refractivity contribution in [3.8, 4) is 17.0 Å². The third kappa shape index (κ3) is 8.74. The van der Waals surface area contributed by atoms with Gasteiger partial charge in [0.05, 0.1) is 24.8 Å². The number of unbranched alkanes of at least 4 members (excludes halogenated alkanes) is 1. The summed E-state index contributed by atoms with van der Waals surface area (Å²) in [4.78, 5) is 31.1. The maximum atomic E-state index is 12.8. The van der Waals surface area contributed by atoms with Crippen LogP contribution in [0.4, 0.5) is 0 Å². The number of carbonyl (C=O) groups is 2. The number of ether oxygens (including phenoxy) is 2. The van der Waals surface area contributed by atoms with Gasteiger partial charge in [0, 0.05) is 30.9 Å². The highest BCUT2D eigenvalue weighted by atomic mass is 16.5. The van der Waals surface area contributed by atoms with E-state index in [9.17, 15) is 9.59 Å². The molecular formula is C31H38N2O4. The summed E-state index contributed by atoms with van der Waals surface area (Å²) in [5.74, 6) is 0.547. The van der Waals surface area contributed by atoms with Gasteiger partial charge >= 0.3 is 5.97 Å². The molecule has 1 heterocycles. The first-order valence-electron chi connectivity index (χ1n) is 13.2. The van der Waals surface area contributed by atoms with Crippen molar-refractivity contribution in [1.82, 2.24) is 9.88 Å². The normalized spacial score (nSPS) is 11.5. The zero-order chi connectivity index (χ0) is 26.5. The highest BCUT2D eigenvalue weighted by Crippen LogP contribution is 2.20. The van der Waals surface area contributed by atoms with Crippen molar-refractivity contribution in [2.75, 3.05) is 26.8 Å². The van der Waals surface area contributed by atoms with E-state index in [2.05, 4.69) is 11.9 Å². The van der Waals surface area contributed by atoms with E-state index < -0.39 is 0 Å². The van der Waals surface area contributed by atoms with Crippen LogP contribution in [0.2, 0.25) is 0 Å². The lowest BCUT2D eigenvalue weighted by molar-refractivity contribution is -0.148. The number of carbonyl (C=O) groups excluding carboxylic acids is 2. The first kappa shape index (κ1) is 27.9. The summed E-state index contributed by atoms with van der Waals surface area (Å²) in [6.07, 6.45) is 6.07. The van der Waals surface area contributed by atoms with Crippen LogP contribution in [-0.2, 0) is 16.0 Å². The molecule has 1 amide bonds. The minimum absolute atomic E-state index is 0.0175. The molecule has 1 atom stereocenters. The van der Waals surface area contributed by atoms with Gasteiger partial charge in [-0.15, -0.1) is 0 Å². The molecule has 0 bridgehead atoms. The monoisotopic (exact) mass is 502 g/mol. The first-order valence-corrected chi connectivity index (χ1v) is 13.2. The largest absolute Gasteiger partial charge is 0.494 e. The molecule has 3 rings (SSSR count). The summed E-state index contributed by atoms with van der Waals surface area (Å²) in [5, 5.41) is 0. The van der Waals surface area contributed by atoms with Gasteiger partial charge in [-0.3, -0.25) is 14.6 Å². The molecule has 0 radical (unpaired) electrons. The van der Waals surface area contributed by atoms with Gasteiger partial charge in [0.1, 0.15) is 5.75 Å². The van der Waals surface area contributed by atoms with E-state index in [4.69, 9.17) is 9.47 Å².